The monoisotopic (exact) mass is 255 g/mol. The molecule has 1 fully saturated rings. The van der Waals surface area contributed by atoms with Crippen LogP contribution in [0.15, 0.2) is 12.7 Å². The number of rotatable bonds is 5. The number of carbonyl (C=O) groups excluding carboxylic acids is 2. The SMILES string of the molecule is C=CCNCC(=O)N1CCN(C(=O)OCC)CC1. The highest BCUT2D eigenvalue weighted by atomic mass is 16.6. The quantitative estimate of drug-likeness (QED) is 0.557. The molecule has 0 aromatic heterocycles. The summed E-state index contributed by atoms with van der Waals surface area (Å²) in [6.45, 7) is 8.85. The Bertz CT molecular complexity index is 299. The first-order valence-electron chi connectivity index (χ1n) is 6.20. The van der Waals surface area contributed by atoms with E-state index in [-0.39, 0.29) is 12.0 Å². The van der Waals surface area contributed by atoms with Crippen LogP contribution in [0.1, 0.15) is 6.92 Å². The maximum Gasteiger partial charge on any atom is 0.409 e. The zero-order valence-corrected chi connectivity index (χ0v) is 10.9. The molecule has 18 heavy (non-hydrogen) atoms. The molecule has 0 aliphatic carbocycles. The number of hydrogen-bond donors (Lipinski definition) is 1. The Hall–Kier alpha value is -1.56. The van der Waals surface area contributed by atoms with Crippen molar-refractivity contribution in [3.63, 3.8) is 0 Å². The molecule has 2 amide bonds. The van der Waals surface area contributed by atoms with E-state index in [0.717, 1.165) is 0 Å². The number of carbonyl (C=O) groups is 2. The number of amides is 2. The molecule has 0 spiro atoms. The minimum Gasteiger partial charge on any atom is -0.450 e. The smallest absolute Gasteiger partial charge is 0.409 e. The standard InChI is InChI=1S/C12H21N3O3/c1-3-5-13-10-11(16)14-6-8-15(9-7-14)12(17)18-4-2/h3,13H,1,4-10H2,2H3. The van der Waals surface area contributed by atoms with Crippen molar-refractivity contribution in [2.75, 3.05) is 45.9 Å². The van der Waals surface area contributed by atoms with Gasteiger partial charge in [-0.15, -0.1) is 6.58 Å². The van der Waals surface area contributed by atoms with Crippen molar-refractivity contribution in [2.24, 2.45) is 0 Å². The van der Waals surface area contributed by atoms with E-state index in [1.165, 1.54) is 0 Å². The second-order valence-electron chi connectivity index (χ2n) is 3.99. The molecule has 1 heterocycles. The van der Waals surface area contributed by atoms with Gasteiger partial charge in [-0.3, -0.25) is 4.79 Å². The summed E-state index contributed by atoms with van der Waals surface area (Å²) >= 11 is 0. The van der Waals surface area contributed by atoms with E-state index < -0.39 is 0 Å². The first-order chi connectivity index (χ1) is 8.69. The summed E-state index contributed by atoms with van der Waals surface area (Å²) in [5, 5.41) is 2.97. The molecule has 102 valence electrons. The lowest BCUT2D eigenvalue weighted by molar-refractivity contribution is -0.131. The number of nitrogens with zero attached hydrogens (tertiary/aromatic N) is 2. The van der Waals surface area contributed by atoms with Crippen molar-refractivity contribution >= 4 is 12.0 Å². The summed E-state index contributed by atoms with van der Waals surface area (Å²) in [5.41, 5.74) is 0. The second kappa shape index (κ2) is 7.71. The van der Waals surface area contributed by atoms with E-state index in [4.69, 9.17) is 4.74 Å². The van der Waals surface area contributed by atoms with Crippen molar-refractivity contribution in [3.8, 4) is 0 Å². The maximum absolute atomic E-state index is 11.8. The fraction of sp³-hybridized carbons (Fsp3) is 0.667. The molecule has 6 heteroatoms. The third kappa shape index (κ3) is 4.37. The van der Waals surface area contributed by atoms with Gasteiger partial charge in [-0.05, 0) is 6.92 Å². The molecule has 0 saturated carbocycles. The molecule has 0 radical (unpaired) electrons. The third-order valence-electron chi connectivity index (χ3n) is 2.72. The molecule has 1 aliphatic heterocycles. The average molecular weight is 255 g/mol. The Morgan fingerprint density at radius 3 is 2.44 bits per heavy atom. The highest BCUT2D eigenvalue weighted by Crippen LogP contribution is 2.03. The van der Waals surface area contributed by atoms with E-state index in [0.29, 0.717) is 45.9 Å². The Kier molecular flexibility index (Phi) is 6.21. The highest BCUT2D eigenvalue weighted by Gasteiger charge is 2.24. The van der Waals surface area contributed by atoms with Gasteiger partial charge >= 0.3 is 6.09 Å². The molecule has 0 unspecified atom stereocenters. The predicted molar refractivity (Wildman–Crippen MR) is 68.2 cm³/mol. The number of nitrogens with one attached hydrogen (secondary N) is 1. The minimum atomic E-state index is -0.297. The summed E-state index contributed by atoms with van der Waals surface area (Å²) in [5.74, 6) is 0.0559. The van der Waals surface area contributed by atoms with E-state index in [1.54, 1.807) is 22.8 Å². The van der Waals surface area contributed by atoms with E-state index in [1.807, 2.05) is 0 Å². The van der Waals surface area contributed by atoms with Crippen molar-refractivity contribution in [3.05, 3.63) is 12.7 Å². The summed E-state index contributed by atoms with van der Waals surface area (Å²) in [4.78, 5) is 26.6. The zero-order valence-electron chi connectivity index (χ0n) is 10.9. The molecule has 0 bridgehead atoms. The predicted octanol–water partition coefficient (Wildman–Crippen LogP) is 0.0627. The van der Waals surface area contributed by atoms with Crippen LogP contribution in [0.3, 0.4) is 0 Å². The van der Waals surface area contributed by atoms with Gasteiger partial charge in [0.1, 0.15) is 0 Å². The van der Waals surface area contributed by atoms with Gasteiger partial charge in [0.05, 0.1) is 13.2 Å². The summed E-state index contributed by atoms with van der Waals surface area (Å²) in [6, 6.07) is 0. The van der Waals surface area contributed by atoms with Crippen molar-refractivity contribution in [1.29, 1.82) is 0 Å². The normalized spacial score (nSPS) is 15.4. The molecule has 1 saturated heterocycles. The van der Waals surface area contributed by atoms with Crippen LogP contribution in [-0.2, 0) is 9.53 Å². The van der Waals surface area contributed by atoms with Crippen molar-refractivity contribution in [1.82, 2.24) is 15.1 Å². The lowest BCUT2D eigenvalue weighted by Gasteiger charge is -2.34. The van der Waals surface area contributed by atoms with Crippen LogP contribution in [0.25, 0.3) is 0 Å². The van der Waals surface area contributed by atoms with Crippen LogP contribution in [0.2, 0.25) is 0 Å². The second-order valence-corrected chi connectivity index (χ2v) is 3.99. The van der Waals surface area contributed by atoms with E-state index >= 15 is 0 Å². The third-order valence-corrected chi connectivity index (χ3v) is 2.72. The Morgan fingerprint density at radius 1 is 1.28 bits per heavy atom. The molecule has 1 rings (SSSR count). The van der Waals surface area contributed by atoms with Gasteiger partial charge in [0.15, 0.2) is 0 Å². The van der Waals surface area contributed by atoms with Gasteiger partial charge in [-0.2, -0.15) is 0 Å². The topological polar surface area (TPSA) is 61.9 Å². The summed E-state index contributed by atoms with van der Waals surface area (Å²) in [7, 11) is 0. The zero-order chi connectivity index (χ0) is 13.4. The van der Waals surface area contributed by atoms with Crippen LogP contribution >= 0.6 is 0 Å². The van der Waals surface area contributed by atoms with Crippen LogP contribution in [-0.4, -0.2) is 67.7 Å². The van der Waals surface area contributed by atoms with Crippen LogP contribution in [0, 0.1) is 0 Å². The number of hydrogen-bond acceptors (Lipinski definition) is 4. The minimum absolute atomic E-state index is 0.0559. The van der Waals surface area contributed by atoms with Crippen LogP contribution in [0.5, 0.6) is 0 Å². The fourth-order valence-corrected chi connectivity index (χ4v) is 1.75. The van der Waals surface area contributed by atoms with Crippen LogP contribution < -0.4 is 5.32 Å². The highest BCUT2D eigenvalue weighted by molar-refractivity contribution is 5.78. The maximum atomic E-state index is 11.8. The van der Waals surface area contributed by atoms with E-state index in [2.05, 4.69) is 11.9 Å². The molecular formula is C12H21N3O3. The van der Waals surface area contributed by atoms with Gasteiger partial charge < -0.3 is 19.9 Å². The molecule has 1 aliphatic rings. The molecule has 1 N–H and O–H groups in total. The average Bonchev–Trinajstić information content (AvgIpc) is 2.39. The lowest BCUT2D eigenvalue weighted by atomic mass is 10.3. The Balaban J connectivity index is 2.28. The first-order valence-corrected chi connectivity index (χ1v) is 6.20. The summed E-state index contributed by atoms with van der Waals surface area (Å²) < 4.78 is 4.92. The molecule has 0 aromatic rings. The number of piperazine rings is 1. The molecule has 0 aromatic carbocycles. The lowest BCUT2D eigenvalue weighted by Crippen LogP contribution is -2.52. The van der Waals surface area contributed by atoms with Gasteiger partial charge in [-0.1, -0.05) is 6.08 Å². The number of ether oxygens (including phenoxy) is 1. The van der Waals surface area contributed by atoms with Gasteiger partial charge in [0.25, 0.3) is 0 Å². The molecule has 6 nitrogen and oxygen atoms in total. The molecule has 0 atom stereocenters. The van der Waals surface area contributed by atoms with E-state index in [9.17, 15) is 9.59 Å². The summed E-state index contributed by atoms with van der Waals surface area (Å²) in [6.07, 6.45) is 1.42. The Morgan fingerprint density at radius 2 is 1.89 bits per heavy atom. The van der Waals surface area contributed by atoms with Crippen molar-refractivity contribution < 1.29 is 14.3 Å². The van der Waals surface area contributed by atoms with Gasteiger partial charge in [0, 0.05) is 32.7 Å². The van der Waals surface area contributed by atoms with Gasteiger partial charge in [-0.25, -0.2) is 4.79 Å². The largest absolute Gasteiger partial charge is 0.450 e. The Labute approximate surface area is 108 Å². The van der Waals surface area contributed by atoms with Crippen molar-refractivity contribution in [2.45, 2.75) is 6.92 Å². The first kappa shape index (κ1) is 14.5. The van der Waals surface area contributed by atoms with Crippen LogP contribution in [0.4, 0.5) is 4.79 Å². The molecular weight excluding hydrogens is 234 g/mol. The van der Waals surface area contributed by atoms with Gasteiger partial charge in [0.2, 0.25) is 5.91 Å². The fourth-order valence-electron chi connectivity index (χ4n) is 1.75.